The molecule has 4 rings (SSSR count). The van der Waals surface area contributed by atoms with E-state index in [1.165, 1.54) is 16.4 Å². The molecule has 8 nitrogen and oxygen atoms in total. The Kier molecular flexibility index (Phi) is 6.78. The van der Waals surface area contributed by atoms with E-state index in [4.69, 9.17) is 0 Å². The van der Waals surface area contributed by atoms with Crippen molar-refractivity contribution in [3.05, 3.63) is 47.5 Å². The number of rotatable bonds is 5. The molecule has 2 aromatic rings. The zero-order chi connectivity index (χ0) is 23.6. The zero-order valence-electron chi connectivity index (χ0n) is 18.4. The predicted molar refractivity (Wildman–Crippen MR) is 120 cm³/mol. The van der Waals surface area contributed by atoms with E-state index in [-0.39, 0.29) is 18.8 Å². The van der Waals surface area contributed by atoms with E-state index in [2.05, 4.69) is 27.0 Å². The Bertz CT molecular complexity index is 1030. The zero-order valence-corrected chi connectivity index (χ0v) is 19.2. The molecule has 0 bridgehead atoms. The second kappa shape index (κ2) is 9.43. The summed E-state index contributed by atoms with van der Waals surface area (Å²) in [6, 6.07) is 8.11. The van der Waals surface area contributed by atoms with Gasteiger partial charge < -0.3 is 14.7 Å². The fourth-order valence-corrected chi connectivity index (χ4v) is 5.49. The molecule has 2 aliphatic heterocycles. The number of hydrogen-bond acceptors (Lipinski definition) is 7. The smallest absolute Gasteiger partial charge is 0.353 e. The summed E-state index contributed by atoms with van der Waals surface area (Å²) in [7, 11) is -1.54. The third-order valence-electron chi connectivity index (χ3n) is 6.05. The third kappa shape index (κ3) is 5.74. The molecule has 0 atom stereocenters. The first-order valence-corrected chi connectivity index (χ1v) is 12.4. The maximum atomic E-state index is 12.8. The normalized spacial score (nSPS) is 19.2. The molecule has 0 radical (unpaired) electrons. The minimum atomic E-state index is -4.45. The lowest BCUT2D eigenvalue weighted by atomic mass is 10.1. The van der Waals surface area contributed by atoms with Gasteiger partial charge in [-0.25, -0.2) is 8.42 Å². The number of anilines is 2. The molecule has 33 heavy (non-hydrogen) atoms. The highest BCUT2D eigenvalue weighted by Crippen LogP contribution is 2.29. The highest BCUT2D eigenvalue weighted by Gasteiger charge is 2.31. The molecule has 1 aromatic carbocycles. The first-order chi connectivity index (χ1) is 15.6. The maximum Gasteiger partial charge on any atom is 0.416 e. The van der Waals surface area contributed by atoms with Gasteiger partial charge in [0.05, 0.1) is 11.3 Å². The molecule has 0 aliphatic carbocycles. The second-order valence-corrected chi connectivity index (χ2v) is 10.3. The molecule has 0 amide bonds. The van der Waals surface area contributed by atoms with Crippen LogP contribution in [0.5, 0.6) is 0 Å². The monoisotopic (exact) mass is 484 g/mol. The minimum Gasteiger partial charge on any atom is -0.353 e. The summed E-state index contributed by atoms with van der Waals surface area (Å²) in [5, 5.41) is 8.69. The number of likely N-dealkylation sites (N-methyl/N-ethyl adjacent to an activating group) is 1. The van der Waals surface area contributed by atoms with Crippen molar-refractivity contribution in [1.82, 2.24) is 19.4 Å². The van der Waals surface area contributed by atoms with Crippen molar-refractivity contribution in [2.24, 2.45) is 0 Å². The van der Waals surface area contributed by atoms with E-state index >= 15 is 0 Å². The number of piperazine rings is 2. The number of halogens is 3. The Morgan fingerprint density at radius 2 is 1.27 bits per heavy atom. The standard InChI is InChI=1S/C21H27F3N6O2S/c1-27-8-10-28(11-9-27)19-6-7-20(26-25-19)29-12-14-30(15-13-29)33(31,32)16-17-2-4-18(5-3-17)21(22,23)24/h2-7H,8-16H2,1H3. The highest BCUT2D eigenvalue weighted by atomic mass is 32.2. The average Bonchev–Trinajstić information content (AvgIpc) is 2.79. The van der Waals surface area contributed by atoms with E-state index in [1.54, 1.807) is 0 Å². The van der Waals surface area contributed by atoms with Crippen LogP contribution in [0.2, 0.25) is 0 Å². The van der Waals surface area contributed by atoms with Gasteiger partial charge in [-0.2, -0.15) is 17.5 Å². The van der Waals surface area contributed by atoms with Crippen molar-refractivity contribution in [2.45, 2.75) is 11.9 Å². The van der Waals surface area contributed by atoms with E-state index in [0.717, 1.165) is 44.1 Å². The van der Waals surface area contributed by atoms with E-state index in [9.17, 15) is 21.6 Å². The predicted octanol–water partition coefficient (Wildman–Crippen LogP) is 1.90. The average molecular weight is 485 g/mol. The van der Waals surface area contributed by atoms with Crippen LogP contribution in [0.4, 0.5) is 24.8 Å². The van der Waals surface area contributed by atoms with E-state index in [0.29, 0.717) is 24.5 Å². The van der Waals surface area contributed by atoms with Crippen molar-refractivity contribution < 1.29 is 21.6 Å². The van der Waals surface area contributed by atoms with E-state index < -0.39 is 21.8 Å². The van der Waals surface area contributed by atoms with E-state index in [1.807, 2.05) is 17.0 Å². The Hall–Kier alpha value is -2.44. The van der Waals surface area contributed by atoms with Gasteiger partial charge in [-0.05, 0) is 36.9 Å². The number of alkyl halides is 3. The summed E-state index contributed by atoms with van der Waals surface area (Å²) in [6.45, 7) is 5.26. The maximum absolute atomic E-state index is 12.8. The molecule has 3 heterocycles. The van der Waals surface area contributed by atoms with Crippen LogP contribution < -0.4 is 9.80 Å². The van der Waals surface area contributed by atoms with Gasteiger partial charge >= 0.3 is 6.18 Å². The lowest BCUT2D eigenvalue weighted by molar-refractivity contribution is -0.137. The molecule has 2 saturated heterocycles. The fraction of sp³-hybridized carbons (Fsp3) is 0.524. The Labute approximate surface area is 191 Å². The van der Waals surface area contributed by atoms with Crippen molar-refractivity contribution in [1.29, 1.82) is 0 Å². The summed E-state index contributed by atoms with van der Waals surface area (Å²) in [5.74, 6) is 1.21. The van der Waals surface area contributed by atoms with Gasteiger partial charge in [-0.3, -0.25) is 0 Å². The third-order valence-corrected chi connectivity index (χ3v) is 7.90. The van der Waals surface area contributed by atoms with Gasteiger partial charge in [0.15, 0.2) is 11.6 Å². The molecular formula is C21H27F3N6O2S. The molecule has 2 fully saturated rings. The second-order valence-electron chi connectivity index (χ2n) is 8.38. The quantitative estimate of drug-likeness (QED) is 0.642. The van der Waals surface area contributed by atoms with Crippen LogP contribution >= 0.6 is 0 Å². The fourth-order valence-electron chi connectivity index (χ4n) is 3.98. The number of hydrogen-bond donors (Lipinski definition) is 0. The Balaban J connectivity index is 1.32. The van der Waals surface area contributed by atoms with Gasteiger partial charge in [0.1, 0.15) is 0 Å². The molecule has 12 heteroatoms. The molecule has 0 N–H and O–H groups in total. The van der Waals surface area contributed by atoms with Crippen molar-refractivity contribution in [3.8, 4) is 0 Å². The molecule has 1 aromatic heterocycles. The van der Waals surface area contributed by atoms with Gasteiger partial charge in [-0.1, -0.05) is 12.1 Å². The Morgan fingerprint density at radius 3 is 1.73 bits per heavy atom. The van der Waals surface area contributed by atoms with Gasteiger partial charge in [-0.15, -0.1) is 10.2 Å². The highest BCUT2D eigenvalue weighted by molar-refractivity contribution is 7.88. The van der Waals surface area contributed by atoms with Crippen LogP contribution in [0.3, 0.4) is 0 Å². The number of aromatic nitrogens is 2. The van der Waals surface area contributed by atoms with Crippen molar-refractivity contribution >= 4 is 21.7 Å². The number of benzene rings is 1. The van der Waals surface area contributed by atoms with Crippen molar-refractivity contribution in [3.63, 3.8) is 0 Å². The molecule has 0 saturated carbocycles. The minimum absolute atomic E-state index is 0.283. The first-order valence-electron chi connectivity index (χ1n) is 10.8. The number of sulfonamides is 1. The molecule has 2 aliphatic rings. The lowest BCUT2D eigenvalue weighted by Gasteiger charge is -2.35. The van der Waals surface area contributed by atoms with Gasteiger partial charge in [0.25, 0.3) is 0 Å². The molecule has 0 unspecified atom stereocenters. The number of nitrogens with zero attached hydrogens (tertiary/aromatic N) is 6. The summed E-state index contributed by atoms with van der Waals surface area (Å²) < 4.78 is 65.1. The topological polar surface area (TPSA) is 72.9 Å². The molecule has 180 valence electrons. The van der Waals surface area contributed by atoms with Crippen LogP contribution in [0.25, 0.3) is 0 Å². The van der Waals surface area contributed by atoms with Gasteiger partial charge in [0, 0.05) is 52.4 Å². The van der Waals surface area contributed by atoms with Crippen LogP contribution in [0.1, 0.15) is 11.1 Å². The van der Waals surface area contributed by atoms with Crippen LogP contribution in [0.15, 0.2) is 36.4 Å². The molecular weight excluding hydrogens is 457 g/mol. The first kappa shape index (κ1) is 23.7. The molecule has 0 spiro atoms. The lowest BCUT2D eigenvalue weighted by Crippen LogP contribution is -2.49. The summed E-state index contributed by atoms with van der Waals surface area (Å²) >= 11 is 0. The van der Waals surface area contributed by atoms with Crippen LogP contribution in [0, 0.1) is 0 Å². The van der Waals surface area contributed by atoms with Crippen LogP contribution in [-0.4, -0.2) is 87.2 Å². The van der Waals surface area contributed by atoms with Crippen LogP contribution in [-0.2, 0) is 22.0 Å². The van der Waals surface area contributed by atoms with Crippen molar-refractivity contribution in [2.75, 3.05) is 69.2 Å². The SMILES string of the molecule is CN1CCN(c2ccc(N3CCN(S(=O)(=O)Cc4ccc(C(F)(F)F)cc4)CC3)nn2)CC1. The Morgan fingerprint density at radius 1 is 0.788 bits per heavy atom. The largest absolute Gasteiger partial charge is 0.416 e. The summed E-state index contributed by atoms with van der Waals surface area (Å²) in [4.78, 5) is 6.46. The summed E-state index contributed by atoms with van der Waals surface area (Å²) in [5.41, 5.74) is -0.465. The van der Waals surface area contributed by atoms with Gasteiger partial charge in [0.2, 0.25) is 10.0 Å². The summed E-state index contributed by atoms with van der Waals surface area (Å²) in [6.07, 6.45) is -4.45.